The fraction of sp³-hybridized carbons (Fsp3) is 0.200. The summed E-state index contributed by atoms with van der Waals surface area (Å²) in [4.78, 5) is 15.4. The minimum Gasteiger partial charge on any atom is -0.481 e. The number of thiophene rings is 1. The monoisotopic (exact) mass is 318 g/mol. The van der Waals surface area contributed by atoms with Gasteiger partial charge in [-0.2, -0.15) is 11.3 Å². The van der Waals surface area contributed by atoms with Gasteiger partial charge < -0.3 is 9.67 Å². The molecule has 3 aromatic rings. The molecule has 108 valence electrons. The van der Waals surface area contributed by atoms with E-state index in [-0.39, 0.29) is 5.75 Å². The molecular formula is C15H14N2O2S2. The SMILES string of the molecule is Cc1cscc1Cn1c(SCC(=O)O)nc2ccccc21. The number of hydrogen-bond acceptors (Lipinski definition) is 4. The standard InChI is InChI=1S/C15H14N2O2S2/c1-10-7-20-8-11(10)6-17-13-5-3-2-4-12(13)16-15(17)21-9-14(18)19/h2-5,7-8H,6,9H2,1H3,(H,18,19). The zero-order valence-corrected chi connectivity index (χ0v) is 13.1. The number of fused-ring (bicyclic) bond motifs is 1. The van der Waals surface area contributed by atoms with Gasteiger partial charge in [-0.15, -0.1) is 0 Å². The molecule has 2 aromatic heterocycles. The van der Waals surface area contributed by atoms with Crippen molar-refractivity contribution in [2.45, 2.75) is 18.6 Å². The molecule has 1 aromatic carbocycles. The highest BCUT2D eigenvalue weighted by Crippen LogP contribution is 2.26. The molecule has 0 aliphatic heterocycles. The predicted molar refractivity (Wildman–Crippen MR) is 86.3 cm³/mol. The van der Waals surface area contributed by atoms with Crippen LogP contribution in [0.15, 0.2) is 40.2 Å². The quantitative estimate of drug-likeness (QED) is 0.730. The van der Waals surface area contributed by atoms with Gasteiger partial charge in [0.05, 0.1) is 23.3 Å². The number of aryl methyl sites for hydroxylation is 1. The molecule has 0 aliphatic rings. The molecule has 0 bridgehead atoms. The Bertz CT molecular complexity index is 792. The summed E-state index contributed by atoms with van der Waals surface area (Å²) in [6.07, 6.45) is 0. The molecule has 21 heavy (non-hydrogen) atoms. The maximum atomic E-state index is 10.8. The van der Waals surface area contributed by atoms with Crippen molar-refractivity contribution < 1.29 is 9.90 Å². The van der Waals surface area contributed by atoms with Gasteiger partial charge in [0.1, 0.15) is 0 Å². The van der Waals surface area contributed by atoms with Gasteiger partial charge in [-0.25, -0.2) is 4.98 Å². The van der Waals surface area contributed by atoms with Crippen LogP contribution >= 0.6 is 23.1 Å². The van der Waals surface area contributed by atoms with E-state index in [1.165, 1.54) is 22.9 Å². The number of carboxylic acid groups (broad SMARTS) is 1. The van der Waals surface area contributed by atoms with Crippen LogP contribution in [0.4, 0.5) is 0 Å². The summed E-state index contributed by atoms with van der Waals surface area (Å²) >= 11 is 2.95. The van der Waals surface area contributed by atoms with Gasteiger partial charge in [0.25, 0.3) is 0 Å². The third-order valence-electron chi connectivity index (χ3n) is 3.23. The van der Waals surface area contributed by atoms with E-state index in [1.54, 1.807) is 11.3 Å². The molecule has 0 radical (unpaired) electrons. The second-order valence-electron chi connectivity index (χ2n) is 4.73. The van der Waals surface area contributed by atoms with Gasteiger partial charge in [0.2, 0.25) is 0 Å². The molecular weight excluding hydrogens is 304 g/mol. The molecule has 4 nitrogen and oxygen atoms in total. The minimum absolute atomic E-state index is 0.0198. The van der Waals surface area contributed by atoms with Crippen LogP contribution in [0.5, 0.6) is 0 Å². The molecule has 0 unspecified atom stereocenters. The van der Waals surface area contributed by atoms with E-state index in [0.29, 0.717) is 0 Å². The summed E-state index contributed by atoms with van der Waals surface area (Å²) in [5.74, 6) is -0.809. The van der Waals surface area contributed by atoms with E-state index < -0.39 is 5.97 Å². The minimum atomic E-state index is -0.828. The zero-order chi connectivity index (χ0) is 14.8. The van der Waals surface area contributed by atoms with Crippen molar-refractivity contribution in [1.82, 2.24) is 9.55 Å². The van der Waals surface area contributed by atoms with E-state index in [4.69, 9.17) is 5.11 Å². The summed E-state index contributed by atoms with van der Waals surface area (Å²) in [5.41, 5.74) is 4.45. The van der Waals surface area contributed by atoms with Crippen molar-refractivity contribution in [1.29, 1.82) is 0 Å². The lowest BCUT2D eigenvalue weighted by atomic mass is 10.2. The Morgan fingerprint density at radius 3 is 2.90 bits per heavy atom. The number of carboxylic acids is 1. The highest BCUT2D eigenvalue weighted by molar-refractivity contribution is 7.99. The van der Waals surface area contributed by atoms with Crippen molar-refractivity contribution in [3.8, 4) is 0 Å². The maximum Gasteiger partial charge on any atom is 0.313 e. The van der Waals surface area contributed by atoms with Gasteiger partial charge in [0, 0.05) is 0 Å². The first-order valence-electron chi connectivity index (χ1n) is 6.46. The predicted octanol–water partition coefficient (Wildman–Crippen LogP) is 3.63. The Hall–Kier alpha value is -1.79. The van der Waals surface area contributed by atoms with Gasteiger partial charge >= 0.3 is 5.97 Å². The molecule has 0 saturated heterocycles. The summed E-state index contributed by atoms with van der Waals surface area (Å²) < 4.78 is 2.10. The number of thioether (sulfide) groups is 1. The number of benzene rings is 1. The van der Waals surface area contributed by atoms with Crippen LogP contribution in [0.3, 0.4) is 0 Å². The van der Waals surface area contributed by atoms with Crippen LogP contribution in [0, 0.1) is 6.92 Å². The van der Waals surface area contributed by atoms with Crippen LogP contribution in [-0.4, -0.2) is 26.4 Å². The van der Waals surface area contributed by atoms with Gasteiger partial charge in [-0.05, 0) is 40.9 Å². The largest absolute Gasteiger partial charge is 0.481 e. The molecule has 0 aliphatic carbocycles. The van der Waals surface area contributed by atoms with Crippen LogP contribution in [-0.2, 0) is 11.3 Å². The Labute approximate surface area is 130 Å². The van der Waals surface area contributed by atoms with Crippen LogP contribution in [0.25, 0.3) is 11.0 Å². The van der Waals surface area contributed by atoms with Crippen molar-refractivity contribution in [2.75, 3.05) is 5.75 Å². The smallest absolute Gasteiger partial charge is 0.313 e. The number of para-hydroxylation sites is 2. The number of nitrogens with zero attached hydrogens (tertiary/aromatic N) is 2. The molecule has 0 saturated carbocycles. The van der Waals surface area contributed by atoms with Crippen molar-refractivity contribution >= 4 is 40.1 Å². The third-order valence-corrected chi connectivity index (χ3v) is 5.11. The Balaban J connectivity index is 2.02. The number of aliphatic carboxylic acids is 1. The Kier molecular flexibility index (Phi) is 3.98. The van der Waals surface area contributed by atoms with Crippen molar-refractivity contribution in [3.63, 3.8) is 0 Å². The summed E-state index contributed by atoms with van der Waals surface area (Å²) in [6.45, 7) is 2.81. The topological polar surface area (TPSA) is 55.1 Å². The normalized spacial score (nSPS) is 11.1. The molecule has 1 N–H and O–H groups in total. The number of carbonyl (C=O) groups is 1. The second kappa shape index (κ2) is 5.91. The van der Waals surface area contributed by atoms with Gasteiger partial charge in [-0.1, -0.05) is 23.9 Å². The average Bonchev–Trinajstić information content (AvgIpc) is 3.02. The first kappa shape index (κ1) is 14.2. The molecule has 0 atom stereocenters. The fourth-order valence-corrected chi connectivity index (χ4v) is 3.74. The molecule has 2 heterocycles. The van der Waals surface area contributed by atoms with Crippen LogP contribution in [0.2, 0.25) is 0 Å². The Morgan fingerprint density at radius 2 is 2.19 bits per heavy atom. The lowest BCUT2D eigenvalue weighted by molar-refractivity contribution is -0.133. The zero-order valence-electron chi connectivity index (χ0n) is 11.4. The number of hydrogen-bond donors (Lipinski definition) is 1. The molecule has 0 amide bonds. The summed E-state index contributed by atoms with van der Waals surface area (Å²) in [7, 11) is 0. The highest BCUT2D eigenvalue weighted by atomic mass is 32.2. The van der Waals surface area contributed by atoms with Crippen molar-refractivity contribution in [3.05, 3.63) is 46.2 Å². The Morgan fingerprint density at radius 1 is 1.38 bits per heavy atom. The molecule has 6 heteroatoms. The van der Waals surface area contributed by atoms with Crippen molar-refractivity contribution in [2.24, 2.45) is 0 Å². The van der Waals surface area contributed by atoms with E-state index in [2.05, 4.69) is 27.2 Å². The third kappa shape index (κ3) is 2.96. The van der Waals surface area contributed by atoms with Crippen LogP contribution < -0.4 is 0 Å². The number of aromatic nitrogens is 2. The van der Waals surface area contributed by atoms with Gasteiger partial charge in [0.15, 0.2) is 5.16 Å². The first-order chi connectivity index (χ1) is 10.1. The number of imidazole rings is 1. The summed E-state index contributed by atoms with van der Waals surface area (Å²) in [6, 6.07) is 7.90. The molecule has 3 rings (SSSR count). The summed E-state index contributed by atoms with van der Waals surface area (Å²) in [5, 5.41) is 13.9. The highest BCUT2D eigenvalue weighted by Gasteiger charge is 2.13. The van der Waals surface area contributed by atoms with E-state index in [9.17, 15) is 4.79 Å². The van der Waals surface area contributed by atoms with Gasteiger partial charge in [-0.3, -0.25) is 4.79 Å². The average molecular weight is 318 g/mol. The number of rotatable bonds is 5. The van der Waals surface area contributed by atoms with E-state index in [1.807, 2.05) is 24.3 Å². The molecule has 0 spiro atoms. The van der Waals surface area contributed by atoms with E-state index >= 15 is 0 Å². The second-order valence-corrected chi connectivity index (χ2v) is 6.42. The lowest BCUT2D eigenvalue weighted by Gasteiger charge is -2.08. The first-order valence-corrected chi connectivity index (χ1v) is 8.39. The maximum absolute atomic E-state index is 10.8. The fourth-order valence-electron chi connectivity index (χ4n) is 2.16. The lowest BCUT2D eigenvalue weighted by Crippen LogP contribution is -2.04. The molecule has 0 fully saturated rings. The van der Waals surface area contributed by atoms with E-state index in [0.717, 1.165) is 22.7 Å². The van der Waals surface area contributed by atoms with Crippen LogP contribution in [0.1, 0.15) is 11.1 Å².